The Morgan fingerprint density at radius 2 is 1.77 bits per heavy atom. The number of anilines is 1. The number of carbonyl (C=O) groups excluding carboxylic acids is 2. The van der Waals surface area contributed by atoms with Gasteiger partial charge in [-0.3, -0.25) is 19.0 Å². The van der Waals surface area contributed by atoms with Crippen LogP contribution in [0, 0.1) is 5.92 Å². The summed E-state index contributed by atoms with van der Waals surface area (Å²) in [5.74, 6) is -1.13. The van der Waals surface area contributed by atoms with Crippen LogP contribution in [-0.2, 0) is 11.3 Å². The van der Waals surface area contributed by atoms with Crippen LogP contribution in [0.3, 0.4) is 0 Å². The molecule has 2 N–H and O–H groups in total. The average Bonchev–Trinajstić information content (AvgIpc) is 3.30. The van der Waals surface area contributed by atoms with Crippen LogP contribution in [0.25, 0.3) is 0 Å². The van der Waals surface area contributed by atoms with Crippen LogP contribution >= 0.6 is 0 Å². The second kappa shape index (κ2) is 9.72. The lowest BCUT2D eigenvalue weighted by Gasteiger charge is -2.15. The summed E-state index contributed by atoms with van der Waals surface area (Å²) in [7, 11) is 0. The van der Waals surface area contributed by atoms with Crippen molar-refractivity contribution in [3.8, 4) is 0 Å². The third-order valence-corrected chi connectivity index (χ3v) is 4.21. The van der Waals surface area contributed by atoms with E-state index < -0.39 is 42.1 Å². The van der Waals surface area contributed by atoms with E-state index in [2.05, 4.69) is 20.8 Å². The topological polar surface area (TPSA) is 93.8 Å². The number of amides is 2. The van der Waals surface area contributed by atoms with Gasteiger partial charge in [0.15, 0.2) is 5.69 Å². The number of rotatable bonds is 9. The summed E-state index contributed by atoms with van der Waals surface area (Å²) in [6.07, 6.45) is -4.73. The van der Waals surface area contributed by atoms with E-state index in [9.17, 15) is 27.2 Å². The number of alkyl halides is 4. The van der Waals surface area contributed by atoms with Gasteiger partial charge in [-0.25, -0.2) is 17.6 Å². The Morgan fingerprint density at radius 3 is 2.30 bits per heavy atom. The van der Waals surface area contributed by atoms with Crippen molar-refractivity contribution in [3.63, 3.8) is 0 Å². The minimum Gasteiger partial charge on any atom is -0.350 e. The van der Waals surface area contributed by atoms with E-state index in [4.69, 9.17) is 0 Å². The molecule has 12 heteroatoms. The summed E-state index contributed by atoms with van der Waals surface area (Å²) in [6, 6.07) is -0.767. The van der Waals surface area contributed by atoms with Crippen molar-refractivity contribution >= 4 is 17.5 Å². The summed E-state index contributed by atoms with van der Waals surface area (Å²) in [5.41, 5.74) is -1.61. The Bertz CT molecular complexity index is 893. The van der Waals surface area contributed by atoms with Crippen LogP contribution in [0.4, 0.5) is 23.2 Å². The van der Waals surface area contributed by atoms with E-state index in [0.29, 0.717) is 23.8 Å². The molecule has 2 aromatic rings. The first-order chi connectivity index (χ1) is 14.0. The fourth-order valence-electron chi connectivity index (χ4n) is 2.58. The van der Waals surface area contributed by atoms with Crippen LogP contribution in [0.2, 0.25) is 0 Å². The molecule has 0 aliphatic rings. The highest BCUT2D eigenvalue weighted by Gasteiger charge is 2.28. The highest BCUT2D eigenvalue weighted by Crippen LogP contribution is 2.28. The fraction of sp³-hybridized carbons (Fsp3) is 0.556. The van der Waals surface area contributed by atoms with Crippen LogP contribution in [0.5, 0.6) is 0 Å². The van der Waals surface area contributed by atoms with Crippen molar-refractivity contribution in [1.29, 1.82) is 0 Å². The molecule has 0 aromatic carbocycles. The van der Waals surface area contributed by atoms with Crippen molar-refractivity contribution in [1.82, 2.24) is 24.9 Å². The zero-order valence-corrected chi connectivity index (χ0v) is 17.0. The Hall–Kier alpha value is -2.92. The maximum Gasteiger partial charge on any atom is 0.282 e. The summed E-state index contributed by atoms with van der Waals surface area (Å²) < 4.78 is 54.2. The second-order valence-electron chi connectivity index (χ2n) is 7.06. The highest BCUT2D eigenvalue weighted by molar-refractivity contribution is 6.03. The number of halogens is 4. The summed E-state index contributed by atoms with van der Waals surface area (Å²) in [4.78, 5) is 25.0. The monoisotopic (exact) mass is 432 g/mol. The summed E-state index contributed by atoms with van der Waals surface area (Å²) in [5, 5.41) is 12.7. The van der Waals surface area contributed by atoms with Gasteiger partial charge in [0.1, 0.15) is 17.4 Å². The van der Waals surface area contributed by atoms with E-state index in [1.807, 2.05) is 13.8 Å². The van der Waals surface area contributed by atoms with Gasteiger partial charge in [0.25, 0.3) is 18.8 Å². The van der Waals surface area contributed by atoms with Gasteiger partial charge < -0.3 is 10.6 Å². The number of hydrogen-bond donors (Lipinski definition) is 2. The highest BCUT2D eigenvalue weighted by atomic mass is 19.3. The number of nitrogens with zero attached hydrogens (tertiary/aromatic N) is 4. The molecule has 0 spiro atoms. The zero-order valence-electron chi connectivity index (χ0n) is 17.0. The molecule has 2 rings (SSSR count). The third-order valence-electron chi connectivity index (χ3n) is 4.21. The van der Waals surface area contributed by atoms with Crippen LogP contribution in [-0.4, -0.2) is 37.9 Å². The molecule has 2 aromatic heterocycles. The Kier molecular flexibility index (Phi) is 7.57. The van der Waals surface area contributed by atoms with Crippen molar-refractivity contribution in [2.75, 3.05) is 11.9 Å². The molecule has 0 saturated carbocycles. The summed E-state index contributed by atoms with van der Waals surface area (Å²) in [6.45, 7) is 7.65. The van der Waals surface area contributed by atoms with Gasteiger partial charge in [-0.05, 0) is 25.8 Å². The van der Waals surface area contributed by atoms with E-state index in [1.54, 1.807) is 6.92 Å². The van der Waals surface area contributed by atoms with Gasteiger partial charge in [-0.2, -0.15) is 10.2 Å². The smallest absolute Gasteiger partial charge is 0.282 e. The lowest BCUT2D eigenvalue weighted by atomic mass is 10.2. The molecule has 2 amide bonds. The van der Waals surface area contributed by atoms with Crippen LogP contribution in [0.15, 0.2) is 12.3 Å². The van der Waals surface area contributed by atoms with E-state index in [-0.39, 0.29) is 17.3 Å². The maximum absolute atomic E-state index is 13.2. The predicted molar refractivity (Wildman–Crippen MR) is 101 cm³/mol. The van der Waals surface area contributed by atoms with Crippen molar-refractivity contribution in [2.24, 2.45) is 5.92 Å². The second-order valence-corrected chi connectivity index (χ2v) is 7.06. The van der Waals surface area contributed by atoms with Gasteiger partial charge in [-0.1, -0.05) is 13.8 Å². The van der Waals surface area contributed by atoms with E-state index in [0.717, 1.165) is 0 Å². The maximum atomic E-state index is 13.2. The first-order valence-electron chi connectivity index (χ1n) is 9.37. The SMILES string of the molecule is CCn1cc(NC(=O)C(C)n2nc(C(F)F)cc2C(F)F)c(C(=O)NCC(C)C)n1. The largest absolute Gasteiger partial charge is 0.350 e. The normalized spacial score (nSPS) is 12.6. The van der Waals surface area contributed by atoms with Gasteiger partial charge in [0.2, 0.25) is 5.91 Å². The lowest BCUT2D eigenvalue weighted by Crippen LogP contribution is -2.30. The van der Waals surface area contributed by atoms with Crippen molar-refractivity contribution in [2.45, 2.75) is 53.1 Å². The average molecular weight is 432 g/mol. The van der Waals surface area contributed by atoms with Gasteiger partial charge in [0, 0.05) is 19.3 Å². The predicted octanol–water partition coefficient (Wildman–Crippen LogP) is 3.56. The zero-order chi connectivity index (χ0) is 22.6. The Morgan fingerprint density at radius 1 is 1.10 bits per heavy atom. The molecule has 0 aliphatic heterocycles. The fourth-order valence-corrected chi connectivity index (χ4v) is 2.58. The van der Waals surface area contributed by atoms with Crippen LogP contribution < -0.4 is 10.6 Å². The Balaban J connectivity index is 2.27. The molecule has 8 nitrogen and oxygen atoms in total. The first kappa shape index (κ1) is 23.4. The lowest BCUT2D eigenvalue weighted by molar-refractivity contribution is -0.119. The van der Waals surface area contributed by atoms with Gasteiger partial charge in [-0.15, -0.1) is 0 Å². The molecular formula is C18H24F4N6O2. The van der Waals surface area contributed by atoms with Gasteiger partial charge >= 0.3 is 0 Å². The number of aromatic nitrogens is 4. The number of nitrogens with one attached hydrogen (secondary N) is 2. The molecule has 1 unspecified atom stereocenters. The van der Waals surface area contributed by atoms with Gasteiger partial charge in [0.05, 0.1) is 5.69 Å². The quantitative estimate of drug-likeness (QED) is 0.593. The van der Waals surface area contributed by atoms with E-state index >= 15 is 0 Å². The number of hydrogen-bond acceptors (Lipinski definition) is 4. The van der Waals surface area contributed by atoms with E-state index in [1.165, 1.54) is 17.8 Å². The first-order valence-corrected chi connectivity index (χ1v) is 9.37. The molecule has 0 bridgehead atoms. The molecule has 0 radical (unpaired) electrons. The number of aryl methyl sites for hydroxylation is 1. The molecule has 30 heavy (non-hydrogen) atoms. The Labute approximate surface area is 170 Å². The molecule has 1 atom stereocenters. The molecule has 166 valence electrons. The minimum absolute atomic E-state index is 0.0409. The standard InChI is InChI=1S/C18H24F4N6O2/c1-5-27-8-12(14(26-27)18(30)23-7-9(2)3)24-17(29)10(4)28-13(16(21)22)6-11(25-28)15(19)20/h6,8-10,15-16H,5,7H2,1-4H3,(H,23,30)(H,24,29). The minimum atomic E-state index is -3.10. The third kappa shape index (κ3) is 5.36. The number of carbonyl (C=O) groups is 2. The van der Waals surface area contributed by atoms with Crippen molar-refractivity contribution in [3.05, 3.63) is 29.3 Å². The molecule has 0 fully saturated rings. The summed E-state index contributed by atoms with van der Waals surface area (Å²) >= 11 is 0. The van der Waals surface area contributed by atoms with Crippen molar-refractivity contribution < 1.29 is 27.2 Å². The molecule has 2 heterocycles. The molecular weight excluding hydrogens is 408 g/mol. The molecule has 0 saturated heterocycles. The molecule has 0 aliphatic carbocycles. The van der Waals surface area contributed by atoms with Crippen LogP contribution in [0.1, 0.15) is 68.5 Å².